The minimum Gasteiger partial charge on any atom is -0.463 e. The first-order chi connectivity index (χ1) is 9.97. The average Bonchev–Trinajstić information content (AvgIpc) is 2.47. The first-order valence-corrected chi connectivity index (χ1v) is 7.82. The van der Waals surface area contributed by atoms with Crippen molar-refractivity contribution in [2.45, 2.75) is 77.0 Å². The van der Waals surface area contributed by atoms with Gasteiger partial charge in [0.15, 0.2) is 6.29 Å². The fraction of sp³-hybridized carbons (Fsp3) is 0.933. The first kappa shape index (κ1) is 18.4. The zero-order valence-electron chi connectivity index (χ0n) is 12.9. The fourth-order valence-electron chi connectivity index (χ4n) is 2.34. The van der Waals surface area contributed by atoms with Crippen LogP contribution < -0.4 is 0 Å². The number of esters is 1. The number of carbonyl (C=O) groups is 1. The van der Waals surface area contributed by atoms with E-state index in [0.29, 0.717) is 6.42 Å². The Hall–Kier alpha value is -0.690. The fourth-order valence-corrected chi connectivity index (χ4v) is 2.34. The highest BCUT2D eigenvalue weighted by molar-refractivity contribution is 5.69. The summed E-state index contributed by atoms with van der Waals surface area (Å²) in [6.07, 6.45) is 1.26. The van der Waals surface area contributed by atoms with Crippen molar-refractivity contribution in [2.75, 3.05) is 6.61 Å². The lowest BCUT2D eigenvalue weighted by atomic mass is 9.93. The summed E-state index contributed by atoms with van der Waals surface area (Å²) in [5.74, 6) is -0.921. The maximum absolute atomic E-state index is 11.6. The second-order valence-corrected chi connectivity index (χ2v) is 5.75. The van der Waals surface area contributed by atoms with Gasteiger partial charge in [0, 0.05) is 12.3 Å². The SMILES string of the molecule is CCCCCCCC(=O)OC[C@H]1OC(O)[C@H](C)[C@@H](O)[C@@H]1O. The summed E-state index contributed by atoms with van der Waals surface area (Å²) in [6, 6.07) is 0. The predicted molar refractivity (Wildman–Crippen MR) is 76.4 cm³/mol. The van der Waals surface area contributed by atoms with E-state index in [-0.39, 0.29) is 12.6 Å². The Morgan fingerprint density at radius 2 is 1.76 bits per heavy atom. The summed E-state index contributed by atoms with van der Waals surface area (Å²) in [5, 5.41) is 29.2. The topological polar surface area (TPSA) is 96.2 Å². The van der Waals surface area contributed by atoms with Crippen LogP contribution in [0.3, 0.4) is 0 Å². The summed E-state index contributed by atoms with van der Waals surface area (Å²) in [5.41, 5.74) is 0. The van der Waals surface area contributed by atoms with Gasteiger partial charge in [0.25, 0.3) is 0 Å². The van der Waals surface area contributed by atoms with E-state index in [1.165, 1.54) is 6.42 Å². The molecule has 0 spiro atoms. The van der Waals surface area contributed by atoms with Crippen molar-refractivity contribution in [2.24, 2.45) is 5.92 Å². The zero-order valence-corrected chi connectivity index (χ0v) is 12.9. The number of hydrogen-bond donors (Lipinski definition) is 3. The molecule has 1 saturated heterocycles. The van der Waals surface area contributed by atoms with Crippen LogP contribution in [0, 0.1) is 5.92 Å². The Morgan fingerprint density at radius 1 is 1.10 bits per heavy atom. The third-order valence-electron chi connectivity index (χ3n) is 3.93. The number of aliphatic hydroxyl groups is 3. The maximum atomic E-state index is 11.6. The van der Waals surface area contributed by atoms with Crippen LogP contribution in [0.25, 0.3) is 0 Å². The number of unbranched alkanes of at least 4 members (excludes halogenated alkanes) is 4. The van der Waals surface area contributed by atoms with Gasteiger partial charge in [0.05, 0.1) is 6.10 Å². The molecule has 1 fully saturated rings. The van der Waals surface area contributed by atoms with Gasteiger partial charge < -0.3 is 24.8 Å². The largest absolute Gasteiger partial charge is 0.463 e. The summed E-state index contributed by atoms with van der Waals surface area (Å²) in [6.45, 7) is 3.56. The highest BCUT2D eigenvalue weighted by Crippen LogP contribution is 2.24. The molecule has 1 aliphatic rings. The smallest absolute Gasteiger partial charge is 0.305 e. The minimum atomic E-state index is -1.17. The predicted octanol–water partition coefficient (Wildman–Crippen LogP) is 0.965. The van der Waals surface area contributed by atoms with Gasteiger partial charge in [0.2, 0.25) is 0 Å². The van der Waals surface area contributed by atoms with Gasteiger partial charge in [-0.15, -0.1) is 0 Å². The highest BCUT2D eigenvalue weighted by atomic mass is 16.6. The Kier molecular flexibility index (Phi) is 8.18. The molecule has 0 bridgehead atoms. The van der Waals surface area contributed by atoms with Crippen LogP contribution in [-0.2, 0) is 14.3 Å². The molecule has 0 saturated carbocycles. The van der Waals surface area contributed by atoms with Crippen molar-refractivity contribution in [3.8, 4) is 0 Å². The molecule has 1 unspecified atom stereocenters. The molecule has 124 valence electrons. The van der Waals surface area contributed by atoms with Crippen molar-refractivity contribution in [3.05, 3.63) is 0 Å². The zero-order chi connectivity index (χ0) is 15.8. The Balaban J connectivity index is 2.23. The lowest BCUT2D eigenvalue weighted by Crippen LogP contribution is -2.55. The van der Waals surface area contributed by atoms with E-state index in [1.807, 2.05) is 0 Å². The van der Waals surface area contributed by atoms with Gasteiger partial charge >= 0.3 is 5.97 Å². The van der Waals surface area contributed by atoms with Crippen molar-refractivity contribution in [1.82, 2.24) is 0 Å². The molecule has 21 heavy (non-hydrogen) atoms. The molecule has 5 atom stereocenters. The third-order valence-corrected chi connectivity index (χ3v) is 3.93. The van der Waals surface area contributed by atoms with E-state index < -0.39 is 30.5 Å². The third kappa shape index (κ3) is 5.90. The van der Waals surface area contributed by atoms with E-state index in [1.54, 1.807) is 6.92 Å². The number of ether oxygens (including phenoxy) is 2. The molecule has 6 nitrogen and oxygen atoms in total. The average molecular weight is 304 g/mol. The van der Waals surface area contributed by atoms with E-state index in [2.05, 4.69) is 6.92 Å². The molecule has 0 aromatic carbocycles. The molecular weight excluding hydrogens is 276 g/mol. The van der Waals surface area contributed by atoms with Gasteiger partial charge in [-0.3, -0.25) is 4.79 Å². The van der Waals surface area contributed by atoms with Crippen LogP contribution in [0.1, 0.15) is 52.4 Å². The van der Waals surface area contributed by atoms with Crippen molar-refractivity contribution < 1.29 is 29.6 Å². The molecule has 0 radical (unpaired) electrons. The first-order valence-electron chi connectivity index (χ1n) is 7.82. The Bertz CT molecular complexity index is 309. The van der Waals surface area contributed by atoms with Crippen molar-refractivity contribution >= 4 is 5.97 Å². The molecule has 0 aliphatic carbocycles. The van der Waals surface area contributed by atoms with Crippen LogP contribution in [-0.4, -0.2) is 52.5 Å². The van der Waals surface area contributed by atoms with Crippen LogP contribution >= 0.6 is 0 Å². The Morgan fingerprint density at radius 3 is 2.43 bits per heavy atom. The molecule has 0 aromatic rings. The molecular formula is C15H28O6. The van der Waals surface area contributed by atoms with Gasteiger partial charge in [-0.2, -0.15) is 0 Å². The Labute approximate surface area is 126 Å². The van der Waals surface area contributed by atoms with Gasteiger partial charge in [0.1, 0.15) is 18.8 Å². The van der Waals surface area contributed by atoms with Gasteiger partial charge in [-0.1, -0.05) is 39.5 Å². The minimum absolute atomic E-state index is 0.157. The summed E-state index contributed by atoms with van der Waals surface area (Å²) in [7, 11) is 0. The van der Waals surface area contributed by atoms with Crippen LogP contribution in [0.5, 0.6) is 0 Å². The van der Waals surface area contributed by atoms with E-state index >= 15 is 0 Å². The van der Waals surface area contributed by atoms with Gasteiger partial charge in [-0.05, 0) is 6.42 Å². The highest BCUT2D eigenvalue weighted by Gasteiger charge is 2.41. The van der Waals surface area contributed by atoms with E-state index in [0.717, 1.165) is 25.7 Å². The summed E-state index contributed by atoms with van der Waals surface area (Å²) < 4.78 is 10.2. The molecule has 3 N–H and O–H groups in total. The van der Waals surface area contributed by atoms with Crippen molar-refractivity contribution in [3.63, 3.8) is 0 Å². The summed E-state index contributed by atoms with van der Waals surface area (Å²) in [4.78, 5) is 11.6. The maximum Gasteiger partial charge on any atom is 0.305 e. The quantitative estimate of drug-likeness (QED) is 0.457. The van der Waals surface area contributed by atoms with Gasteiger partial charge in [-0.25, -0.2) is 0 Å². The van der Waals surface area contributed by atoms with E-state index in [9.17, 15) is 20.1 Å². The number of carbonyl (C=O) groups excluding carboxylic acids is 1. The lowest BCUT2D eigenvalue weighted by molar-refractivity contribution is -0.267. The lowest BCUT2D eigenvalue weighted by Gasteiger charge is -2.38. The van der Waals surface area contributed by atoms with E-state index in [4.69, 9.17) is 9.47 Å². The molecule has 0 amide bonds. The van der Waals surface area contributed by atoms with Crippen LogP contribution in [0.2, 0.25) is 0 Å². The van der Waals surface area contributed by atoms with Crippen molar-refractivity contribution in [1.29, 1.82) is 0 Å². The second-order valence-electron chi connectivity index (χ2n) is 5.75. The number of hydrogen-bond acceptors (Lipinski definition) is 6. The number of rotatable bonds is 8. The molecule has 1 aliphatic heterocycles. The summed E-state index contributed by atoms with van der Waals surface area (Å²) >= 11 is 0. The molecule has 1 rings (SSSR count). The molecule has 6 heteroatoms. The standard InChI is InChI=1S/C15H28O6/c1-3-4-5-6-7-8-12(16)20-9-11-14(18)13(17)10(2)15(19)21-11/h10-11,13-15,17-19H,3-9H2,1-2H3/t10-,11-,13-,14-,15?/m1/s1. The number of aliphatic hydroxyl groups excluding tert-OH is 3. The van der Waals surface area contributed by atoms with Crippen LogP contribution in [0.15, 0.2) is 0 Å². The molecule has 1 heterocycles. The monoisotopic (exact) mass is 304 g/mol. The molecule has 0 aromatic heterocycles. The normalized spacial score (nSPS) is 32.9. The second kappa shape index (κ2) is 9.35. The van der Waals surface area contributed by atoms with Crippen LogP contribution in [0.4, 0.5) is 0 Å².